The van der Waals surface area contributed by atoms with Gasteiger partial charge in [0.05, 0.1) is 4.90 Å². The highest BCUT2D eigenvalue weighted by Crippen LogP contribution is 2.29. The number of carboxylic acids is 1. The molecule has 0 radical (unpaired) electrons. The van der Waals surface area contributed by atoms with E-state index in [9.17, 15) is 18.3 Å². The lowest BCUT2D eigenvalue weighted by Gasteiger charge is -2.35. The Morgan fingerprint density at radius 1 is 1.42 bits per heavy atom. The Morgan fingerprint density at radius 2 is 2.00 bits per heavy atom. The summed E-state index contributed by atoms with van der Waals surface area (Å²) in [6, 6.07) is 4.36. The number of thiol groups is 1. The minimum absolute atomic E-state index is 0.0443. The summed E-state index contributed by atoms with van der Waals surface area (Å²) in [6.45, 7) is 8.35. The molecule has 1 rings (SSSR count). The molecule has 0 amide bonds. The molecule has 0 aliphatic rings. The van der Waals surface area contributed by atoms with E-state index >= 15 is 0 Å². The third kappa shape index (κ3) is 5.53. The van der Waals surface area contributed by atoms with Crippen LogP contribution in [-0.4, -0.2) is 47.7 Å². The Hall–Kier alpha value is -1.95. The third-order valence-electron chi connectivity index (χ3n) is 3.42. The summed E-state index contributed by atoms with van der Waals surface area (Å²) in [4.78, 5) is 11.7. The molecule has 1 aromatic rings. The number of ether oxygens (including phenoxy) is 1. The Kier molecular flexibility index (Phi) is 7.75. The van der Waals surface area contributed by atoms with Gasteiger partial charge in [0, 0.05) is 11.3 Å². The molecule has 0 aliphatic heterocycles. The molecule has 26 heavy (non-hydrogen) atoms. The van der Waals surface area contributed by atoms with Crippen LogP contribution in [0.5, 0.6) is 5.75 Å². The Balaban J connectivity index is 3.26. The van der Waals surface area contributed by atoms with E-state index in [1.165, 1.54) is 30.3 Å². The Morgan fingerprint density at radius 3 is 2.42 bits per heavy atom. The molecule has 1 aromatic carbocycles. The van der Waals surface area contributed by atoms with Crippen LogP contribution in [-0.2, 0) is 14.8 Å². The second-order valence-electron chi connectivity index (χ2n) is 5.94. The average molecular weight is 398 g/mol. The maximum absolute atomic E-state index is 13.0. The fraction of sp³-hybridized carbons (Fsp3) is 0.389. The number of hydrogen-bond acceptors (Lipinski definition) is 5. The van der Waals surface area contributed by atoms with Crippen molar-refractivity contribution in [3.05, 3.63) is 36.9 Å². The van der Waals surface area contributed by atoms with Crippen LogP contribution in [0.4, 0.5) is 0 Å². The smallest absolute Gasteiger partial charge is 0.323 e. The van der Waals surface area contributed by atoms with Gasteiger partial charge in [-0.15, -0.1) is 12.5 Å². The number of rotatable bonds is 9. The van der Waals surface area contributed by atoms with Crippen molar-refractivity contribution in [1.29, 1.82) is 0 Å². The van der Waals surface area contributed by atoms with E-state index in [1.54, 1.807) is 20.8 Å². The number of carbonyl (C=O) groups is 1. The highest BCUT2D eigenvalue weighted by molar-refractivity contribution is 7.89. The largest absolute Gasteiger partial charge is 0.481 e. The number of hydrogen-bond donors (Lipinski definition) is 2. The van der Waals surface area contributed by atoms with Crippen LogP contribution in [0, 0.1) is 11.8 Å². The van der Waals surface area contributed by atoms with Crippen LogP contribution in [0.25, 0.3) is 0 Å². The lowest BCUT2D eigenvalue weighted by Crippen LogP contribution is -2.54. The normalized spacial score (nSPS) is 12.8. The zero-order valence-electron chi connectivity index (χ0n) is 15.0. The molecule has 1 atom stereocenters. The first-order valence-corrected chi connectivity index (χ1v) is 9.64. The van der Waals surface area contributed by atoms with Crippen LogP contribution in [0.3, 0.4) is 0 Å². The Bertz CT molecular complexity index is 799. The molecule has 0 spiro atoms. The minimum Gasteiger partial charge on any atom is -0.481 e. The monoisotopic (exact) mass is 397 g/mol. The van der Waals surface area contributed by atoms with Crippen molar-refractivity contribution < 1.29 is 23.1 Å². The van der Waals surface area contributed by atoms with Gasteiger partial charge < -0.3 is 9.84 Å². The van der Waals surface area contributed by atoms with Crippen molar-refractivity contribution in [1.82, 2.24) is 4.31 Å². The maximum atomic E-state index is 13.0. The van der Waals surface area contributed by atoms with Gasteiger partial charge in [0.1, 0.15) is 18.4 Å². The molecule has 142 valence electrons. The molecular formula is C18H23NO5S2. The van der Waals surface area contributed by atoms with E-state index in [0.29, 0.717) is 5.75 Å². The van der Waals surface area contributed by atoms with Crippen molar-refractivity contribution in [2.24, 2.45) is 0 Å². The van der Waals surface area contributed by atoms with Crippen LogP contribution >= 0.6 is 12.6 Å². The van der Waals surface area contributed by atoms with E-state index in [2.05, 4.69) is 31.0 Å². The van der Waals surface area contributed by atoms with Crippen LogP contribution < -0.4 is 4.74 Å². The summed E-state index contributed by atoms with van der Waals surface area (Å²) < 4.78 is 31.1. The van der Waals surface area contributed by atoms with E-state index < -0.39 is 26.8 Å². The zero-order valence-corrected chi connectivity index (χ0v) is 16.7. The summed E-state index contributed by atoms with van der Waals surface area (Å²) in [7, 11) is -4.08. The van der Waals surface area contributed by atoms with Gasteiger partial charge in [-0.3, -0.25) is 4.79 Å². The molecule has 6 nitrogen and oxygen atoms in total. The third-order valence-corrected chi connectivity index (χ3v) is 5.51. The fourth-order valence-corrected chi connectivity index (χ4v) is 4.29. The van der Waals surface area contributed by atoms with E-state index in [4.69, 9.17) is 4.74 Å². The maximum Gasteiger partial charge on any atom is 0.323 e. The van der Waals surface area contributed by atoms with E-state index in [1.807, 2.05) is 0 Å². The summed E-state index contributed by atoms with van der Waals surface area (Å²) in [5, 5.41) is 9.56. The van der Waals surface area contributed by atoms with Gasteiger partial charge in [-0.2, -0.15) is 16.9 Å². The molecular weight excluding hydrogens is 374 g/mol. The van der Waals surface area contributed by atoms with E-state index in [-0.39, 0.29) is 18.0 Å². The molecule has 0 saturated heterocycles. The van der Waals surface area contributed by atoms with Gasteiger partial charge in [0.15, 0.2) is 0 Å². The highest BCUT2D eigenvalue weighted by Gasteiger charge is 2.43. The van der Waals surface area contributed by atoms with Crippen molar-refractivity contribution in [2.75, 3.05) is 13.2 Å². The standard InChI is InChI=1S/C18H23NO5S2/c1-5-7-13-24-14-8-10-15(11-9-14)26(22,23)19(12-6-2)16(17(20)21)18(3,4)25/h6,8-11,16,25H,2,12-13H2,1,3-4H3,(H,20,21)/t16-/m0/s1. The molecule has 0 aromatic heterocycles. The lowest BCUT2D eigenvalue weighted by molar-refractivity contribution is -0.142. The fourth-order valence-electron chi connectivity index (χ4n) is 2.28. The second kappa shape index (κ2) is 9.12. The Labute approximate surface area is 160 Å². The van der Waals surface area contributed by atoms with Gasteiger partial charge in [0.25, 0.3) is 0 Å². The van der Waals surface area contributed by atoms with Crippen molar-refractivity contribution >= 4 is 28.6 Å². The number of aliphatic carboxylic acids is 1. The lowest BCUT2D eigenvalue weighted by atomic mass is 10.0. The van der Waals surface area contributed by atoms with E-state index in [0.717, 1.165) is 4.31 Å². The van der Waals surface area contributed by atoms with Gasteiger partial charge >= 0.3 is 5.97 Å². The topological polar surface area (TPSA) is 83.9 Å². The predicted octanol–water partition coefficient (Wildman–Crippen LogP) is 2.43. The summed E-state index contributed by atoms with van der Waals surface area (Å²) in [5.41, 5.74) is 0. The molecule has 0 saturated carbocycles. The van der Waals surface area contributed by atoms with Gasteiger partial charge in [-0.1, -0.05) is 12.0 Å². The molecule has 0 fully saturated rings. The van der Waals surface area contributed by atoms with Crippen LogP contribution in [0.15, 0.2) is 41.8 Å². The van der Waals surface area contributed by atoms with Gasteiger partial charge in [0.2, 0.25) is 10.0 Å². The molecule has 0 aliphatic carbocycles. The second-order valence-corrected chi connectivity index (χ2v) is 8.99. The summed E-state index contributed by atoms with van der Waals surface area (Å²) in [6.07, 6.45) is 1.34. The van der Waals surface area contributed by atoms with Crippen LogP contribution in [0.1, 0.15) is 20.8 Å². The van der Waals surface area contributed by atoms with Gasteiger partial charge in [-0.05, 0) is 45.0 Å². The first kappa shape index (κ1) is 22.1. The number of carboxylic acid groups (broad SMARTS) is 1. The molecule has 0 unspecified atom stereocenters. The van der Waals surface area contributed by atoms with Crippen molar-refractivity contribution in [3.63, 3.8) is 0 Å². The average Bonchev–Trinajstić information content (AvgIpc) is 2.53. The summed E-state index contributed by atoms with van der Waals surface area (Å²) >= 11 is 4.28. The number of nitrogens with zero attached hydrogens (tertiary/aromatic N) is 1. The van der Waals surface area contributed by atoms with Crippen molar-refractivity contribution in [2.45, 2.75) is 36.5 Å². The quantitative estimate of drug-likeness (QED) is 0.380. The first-order chi connectivity index (χ1) is 12.1. The number of sulfonamides is 1. The molecule has 0 bridgehead atoms. The highest BCUT2D eigenvalue weighted by atomic mass is 32.2. The zero-order chi connectivity index (χ0) is 20.0. The van der Waals surface area contributed by atoms with Crippen LogP contribution in [0.2, 0.25) is 0 Å². The van der Waals surface area contributed by atoms with Crippen molar-refractivity contribution in [3.8, 4) is 17.6 Å². The summed E-state index contributed by atoms with van der Waals surface area (Å²) in [5.74, 6) is 4.61. The number of benzene rings is 1. The predicted molar refractivity (Wildman–Crippen MR) is 104 cm³/mol. The molecule has 0 heterocycles. The first-order valence-electron chi connectivity index (χ1n) is 7.76. The molecule has 1 N–H and O–H groups in total. The minimum atomic E-state index is -4.08. The SMILES string of the molecule is C=CCN([C@@H](C(=O)O)C(C)(C)S)S(=O)(=O)c1ccc(OCC#CC)cc1. The van der Waals surface area contributed by atoms with Gasteiger partial charge in [-0.25, -0.2) is 8.42 Å². The molecule has 8 heteroatoms.